The highest BCUT2D eigenvalue weighted by molar-refractivity contribution is 9.10. The second kappa shape index (κ2) is 4.86. The van der Waals surface area contributed by atoms with E-state index < -0.39 is 0 Å². The maximum absolute atomic E-state index is 13.3. The van der Waals surface area contributed by atoms with Crippen LogP contribution in [0.3, 0.4) is 0 Å². The first-order valence-electron chi connectivity index (χ1n) is 5.95. The molecule has 20 heavy (non-hydrogen) atoms. The van der Waals surface area contributed by atoms with Crippen LogP contribution in [-0.4, -0.2) is 19.3 Å². The Bertz CT molecular complexity index is 808. The van der Waals surface area contributed by atoms with Gasteiger partial charge in [0.25, 0.3) is 0 Å². The zero-order valence-corrected chi connectivity index (χ0v) is 13.2. The molecule has 7 heteroatoms. The molecule has 0 saturated heterocycles. The van der Waals surface area contributed by atoms with Crippen LogP contribution in [0.15, 0.2) is 22.7 Å². The highest BCUT2D eigenvalue weighted by Crippen LogP contribution is 2.29. The van der Waals surface area contributed by atoms with Gasteiger partial charge in [-0.15, -0.1) is 11.6 Å². The lowest BCUT2D eigenvalue weighted by atomic mass is 10.3. The van der Waals surface area contributed by atoms with E-state index in [1.807, 2.05) is 18.5 Å². The van der Waals surface area contributed by atoms with Gasteiger partial charge in [0.1, 0.15) is 17.2 Å². The predicted octanol–water partition coefficient (Wildman–Crippen LogP) is 3.71. The minimum absolute atomic E-state index is 0.262. The lowest BCUT2D eigenvalue weighted by molar-refractivity contribution is 0.626. The number of hydrogen-bond donors (Lipinski definition) is 0. The molecule has 2 aromatic heterocycles. The Labute approximate surface area is 128 Å². The maximum atomic E-state index is 13.3. The van der Waals surface area contributed by atoms with Crippen LogP contribution in [0.4, 0.5) is 4.39 Å². The van der Waals surface area contributed by atoms with Gasteiger partial charge in [0.2, 0.25) is 0 Å². The molecule has 0 unspecified atom stereocenters. The van der Waals surface area contributed by atoms with E-state index in [1.165, 1.54) is 12.1 Å². The van der Waals surface area contributed by atoms with Crippen molar-refractivity contribution < 1.29 is 4.39 Å². The number of benzene rings is 1. The highest BCUT2D eigenvalue weighted by atomic mass is 79.9. The van der Waals surface area contributed by atoms with E-state index in [9.17, 15) is 4.39 Å². The molecule has 0 fully saturated rings. The molecule has 104 valence electrons. The number of aromatic nitrogens is 4. The largest absolute Gasteiger partial charge is 0.279 e. The van der Waals surface area contributed by atoms with E-state index in [0.29, 0.717) is 10.3 Å². The Hall–Kier alpha value is -1.40. The van der Waals surface area contributed by atoms with E-state index in [-0.39, 0.29) is 11.7 Å². The summed E-state index contributed by atoms with van der Waals surface area (Å²) in [6.45, 7) is 1.90. The smallest absolute Gasteiger partial charge is 0.163 e. The van der Waals surface area contributed by atoms with Gasteiger partial charge in [-0.25, -0.2) is 14.1 Å². The molecule has 3 aromatic rings. The van der Waals surface area contributed by atoms with Crippen molar-refractivity contribution in [1.29, 1.82) is 0 Å². The summed E-state index contributed by atoms with van der Waals surface area (Å²) in [7, 11) is 1.85. The summed E-state index contributed by atoms with van der Waals surface area (Å²) >= 11 is 9.38. The molecule has 0 atom stereocenters. The molecule has 4 nitrogen and oxygen atoms in total. The van der Waals surface area contributed by atoms with Crippen molar-refractivity contribution in [3.63, 3.8) is 0 Å². The number of aryl methyl sites for hydroxylation is 2. The summed E-state index contributed by atoms with van der Waals surface area (Å²) in [5.74, 6) is 0.661. The summed E-state index contributed by atoms with van der Waals surface area (Å²) in [5.41, 5.74) is 3.27. The summed E-state index contributed by atoms with van der Waals surface area (Å²) in [6.07, 6.45) is 0. The van der Waals surface area contributed by atoms with Gasteiger partial charge in [-0.1, -0.05) is 0 Å². The Morgan fingerprint density at radius 3 is 2.80 bits per heavy atom. The van der Waals surface area contributed by atoms with Gasteiger partial charge in [0.15, 0.2) is 5.65 Å². The lowest BCUT2D eigenvalue weighted by Crippen LogP contribution is -2.05. The third-order valence-corrected chi connectivity index (χ3v) is 4.02. The third kappa shape index (κ3) is 1.94. The summed E-state index contributed by atoms with van der Waals surface area (Å²) in [4.78, 5) is 4.52. The second-order valence-corrected chi connectivity index (χ2v) is 5.60. The number of nitrogens with zero attached hydrogens (tertiary/aromatic N) is 4. The molecule has 0 aliphatic rings. The molecule has 1 aromatic carbocycles. The van der Waals surface area contributed by atoms with Gasteiger partial charge >= 0.3 is 0 Å². The van der Waals surface area contributed by atoms with Crippen LogP contribution in [0.5, 0.6) is 0 Å². The molecule has 3 rings (SSSR count). The fourth-order valence-electron chi connectivity index (χ4n) is 2.32. The van der Waals surface area contributed by atoms with Gasteiger partial charge in [-0.05, 0) is 41.1 Å². The van der Waals surface area contributed by atoms with Gasteiger partial charge in [0.05, 0.1) is 17.3 Å². The SMILES string of the molecule is Cc1nn(C)c2c1nc(CCl)n2-c1ccc(F)cc1Br. The first-order chi connectivity index (χ1) is 9.52. The number of fused-ring (bicyclic) bond motifs is 1. The minimum atomic E-state index is -0.300. The minimum Gasteiger partial charge on any atom is -0.279 e. The predicted molar refractivity (Wildman–Crippen MR) is 79.8 cm³/mol. The van der Waals surface area contributed by atoms with E-state index in [4.69, 9.17) is 11.6 Å². The van der Waals surface area contributed by atoms with Crippen LogP contribution in [0.2, 0.25) is 0 Å². The zero-order valence-electron chi connectivity index (χ0n) is 10.9. The molecule has 0 saturated carbocycles. The van der Waals surface area contributed by atoms with Gasteiger partial charge in [-0.2, -0.15) is 5.10 Å². The van der Waals surface area contributed by atoms with Crippen LogP contribution in [0, 0.1) is 12.7 Å². The maximum Gasteiger partial charge on any atom is 0.163 e. The fourth-order valence-corrected chi connectivity index (χ4v) is 3.03. The van der Waals surface area contributed by atoms with Crippen molar-refractivity contribution in [3.8, 4) is 5.69 Å². The first kappa shape index (κ1) is 13.6. The number of halogens is 3. The average Bonchev–Trinajstić information content (AvgIpc) is 2.89. The monoisotopic (exact) mass is 356 g/mol. The number of rotatable bonds is 2. The summed E-state index contributed by atoms with van der Waals surface area (Å²) in [5, 5.41) is 4.36. The Kier molecular flexibility index (Phi) is 3.30. The van der Waals surface area contributed by atoms with Crippen molar-refractivity contribution in [2.75, 3.05) is 0 Å². The number of hydrogen-bond acceptors (Lipinski definition) is 2. The fraction of sp³-hybridized carbons (Fsp3) is 0.231. The molecule has 0 bridgehead atoms. The number of imidazole rings is 1. The molecule has 0 spiro atoms. The molecule has 0 radical (unpaired) electrons. The number of alkyl halides is 1. The van der Waals surface area contributed by atoms with E-state index in [2.05, 4.69) is 26.0 Å². The van der Waals surface area contributed by atoms with Crippen LogP contribution >= 0.6 is 27.5 Å². The van der Waals surface area contributed by atoms with Crippen LogP contribution in [-0.2, 0) is 12.9 Å². The van der Waals surface area contributed by atoms with Gasteiger partial charge in [0, 0.05) is 11.5 Å². The quantitative estimate of drug-likeness (QED) is 0.656. The van der Waals surface area contributed by atoms with E-state index in [1.54, 1.807) is 10.7 Å². The third-order valence-electron chi connectivity index (χ3n) is 3.14. The normalized spacial score (nSPS) is 11.4. The highest BCUT2D eigenvalue weighted by Gasteiger charge is 2.19. The molecule has 0 N–H and O–H groups in total. The zero-order chi connectivity index (χ0) is 14.4. The van der Waals surface area contributed by atoms with Crippen LogP contribution < -0.4 is 0 Å². The second-order valence-electron chi connectivity index (χ2n) is 4.47. The van der Waals surface area contributed by atoms with Crippen molar-refractivity contribution in [3.05, 3.63) is 40.0 Å². The van der Waals surface area contributed by atoms with Gasteiger partial charge < -0.3 is 0 Å². The van der Waals surface area contributed by atoms with Crippen molar-refractivity contribution in [2.45, 2.75) is 12.8 Å². The molecule has 0 aliphatic heterocycles. The Morgan fingerprint density at radius 2 is 2.15 bits per heavy atom. The Balaban J connectivity index is 2.39. The lowest BCUT2D eigenvalue weighted by Gasteiger charge is -2.10. The van der Waals surface area contributed by atoms with Crippen LogP contribution in [0.1, 0.15) is 11.5 Å². The van der Waals surface area contributed by atoms with Crippen LogP contribution in [0.25, 0.3) is 16.9 Å². The topological polar surface area (TPSA) is 35.6 Å². The average molecular weight is 358 g/mol. The molecular formula is C13H11BrClFN4. The van der Waals surface area contributed by atoms with E-state index >= 15 is 0 Å². The van der Waals surface area contributed by atoms with Gasteiger partial charge in [-0.3, -0.25) is 4.57 Å². The van der Waals surface area contributed by atoms with Crippen molar-refractivity contribution >= 4 is 38.7 Å². The Morgan fingerprint density at radius 1 is 1.40 bits per heavy atom. The molecule has 2 heterocycles. The molecule has 0 aliphatic carbocycles. The standard InChI is InChI=1S/C13H11BrClFN4/c1-7-12-13(19(2)18-7)20(11(6-15)17-12)10-4-3-8(16)5-9(10)14/h3-5H,6H2,1-2H3. The first-order valence-corrected chi connectivity index (χ1v) is 7.28. The summed E-state index contributed by atoms with van der Waals surface area (Å²) < 4.78 is 17.6. The van der Waals surface area contributed by atoms with Crippen molar-refractivity contribution in [2.24, 2.45) is 7.05 Å². The summed E-state index contributed by atoms with van der Waals surface area (Å²) in [6, 6.07) is 4.52. The molecule has 0 amide bonds. The van der Waals surface area contributed by atoms with E-state index in [0.717, 1.165) is 22.5 Å². The molecular weight excluding hydrogens is 347 g/mol. The van der Waals surface area contributed by atoms with Crippen molar-refractivity contribution in [1.82, 2.24) is 19.3 Å².